The molecule has 12 aromatic rings. The molecule has 12 aromatic carbocycles. The van der Waals surface area contributed by atoms with Crippen LogP contribution in [0.2, 0.25) is 0 Å². The van der Waals surface area contributed by atoms with Crippen molar-refractivity contribution >= 4 is 37.1 Å². The number of benzene rings is 12. The van der Waals surface area contributed by atoms with E-state index in [-0.39, 0.29) is 44.8 Å². The van der Waals surface area contributed by atoms with E-state index in [0.29, 0.717) is 0 Å². The number of rotatable bonds is 13. The smallest absolute Gasteiger partial charge is 0.366 e. The Bertz CT molecular complexity index is 3770. The Morgan fingerprint density at radius 1 is 0.256 bits per heavy atom. The van der Waals surface area contributed by atoms with Gasteiger partial charge in [-0.3, -0.25) is 11.8 Å². The third-order valence-corrected chi connectivity index (χ3v) is 22.6. The van der Waals surface area contributed by atoms with Gasteiger partial charge in [-0.2, -0.15) is 0 Å². The molecule has 0 heterocycles. The summed E-state index contributed by atoms with van der Waals surface area (Å²) in [5.41, 5.74) is 15.3. The minimum absolute atomic E-state index is 0. The zero-order chi connectivity index (χ0) is 57.0. The Labute approximate surface area is 543 Å². The maximum atomic E-state index is 7.97. The second-order valence-corrected chi connectivity index (χ2v) is 26.6. The van der Waals surface area contributed by atoms with Crippen LogP contribution in [0.5, 0.6) is 0 Å². The molecule has 86 heavy (non-hydrogen) atoms. The molecule has 0 spiro atoms. The molecule has 0 radical (unpaired) electrons. The Morgan fingerprint density at radius 2 is 0.488 bits per heavy atom. The maximum absolute atomic E-state index is 7.97. The van der Waals surface area contributed by atoms with Crippen molar-refractivity contribution in [2.24, 2.45) is 0 Å². The molecular formula is C82H64Au2P2+2. The summed E-state index contributed by atoms with van der Waals surface area (Å²) in [6.07, 6.45) is 21.1. The van der Waals surface area contributed by atoms with Crippen molar-refractivity contribution in [1.29, 1.82) is 0 Å². The molecule has 14 rings (SSSR count). The molecule has 0 fully saturated rings. The van der Waals surface area contributed by atoms with Crippen LogP contribution in [0.3, 0.4) is 0 Å². The van der Waals surface area contributed by atoms with Crippen LogP contribution in [0, 0.1) is 24.7 Å². The van der Waals surface area contributed by atoms with Gasteiger partial charge in [0.05, 0.1) is 60.2 Å². The average Bonchev–Trinajstić information content (AvgIpc) is 1.57. The largest absolute Gasteiger partial charge is 1.00 e. The Morgan fingerprint density at radius 3 is 0.756 bits per heavy atom. The minimum atomic E-state index is -0.714. The molecule has 2 aliphatic carbocycles. The zero-order valence-electron chi connectivity index (χ0n) is 47.6. The molecule has 0 unspecified atom stereocenters. The van der Waals surface area contributed by atoms with Crippen molar-refractivity contribution in [1.82, 2.24) is 0 Å². The summed E-state index contributed by atoms with van der Waals surface area (Å²) in [6, 6.07) is 117. The predicted octanol–water partition coefficient (Wildman–Crippen LogP) is 17.5. The Hall–Kier alpha value is -7.90. The molecule has 0 nitrogen and oxygen atoms in total. The van der Waals surface area contributed by atoms with Crippen LogP contribution in [0.4, 0.5) is 0 Å². The number of hydrogen-bond donors (Lipinski definition) is 0. The molecule has 0 atom stereocenters. The normalized spacial score (nSPS) is 12.3. The number of unbranched alkanes of at least 4 members (excludes halogenated alkanes) is 1. The van der Waals surface area contributed by atoms with Gasteiger partial charge in [-0.15, -0.1) is 23.3 Å². The molecule has 0 saturated carbocycles. The van der Waals surface area contributed by atoms with E-state index in [1.165, 1.54) is 102 Å². The summed E-state index contributed by atoms with van der Waals surface area (Å²) >= 11 is 0. The second-order valence-electron chi connectivity index (χ2n) is 21.4. The summed E-state index contributed by atoms with van der Waals surface area (Å²) in [5.74, 6) is 5.41. The van der Waals surface area contributed by atoms with Crippen molar-refractivity contribution in [3.8, 4) is 34.1 Å². The molecule has 422 valence electrons. The van der Waals surface area contributed by atoms with Gasteiger partial charge in [0, 0.05) is 0 Å². The number of fused-ring (bicyclic) bond motifs is 6. The van der Waals surface area contributed by atoms with Crippen LogP contribution in [-0.4, -0.2) is 12.3 Å². The van der Waals surface area contributed by atoms with Crippen molar-refractivity contribution in [2.75, 3.05) is 12.3 Å². The first-order chi connectivity index (χ1) is 41.7. The second kappa shape index (κ2) is 29.0. The quantitative estimate of drug-likeness (QED) is 0.0355. The molecule has 0 aromatic heterocycles. The summed E-state index contributed by atoms with van der Waals surface area (Å²) in [7, 11) is -1.43. The van der Waals surface area contributed by atoms with Crippen LogP contribution < -0.4 is 21.2 Å². The molecule has 0 saturated heterocycles. The SMILES string of the molecule is [Au+].[Au+].[C-]#Cc1cccc2c1C(c1ccccc1)(c1ccccc1)c1ccccc1-2.[C-]#Cc1cccc2c1C(c1ccccc1)(c1ccccc1)c1ccccc1-2.c1ccc([PH+](CCCC[PH+](c2ccccc2)c2ccccc2)c2ccccc2)cc1. The third kappa shape index (κ3) is 12.0. The molecular weight excluding hydrogens is 1440 g/mol. The van der Waals surface area contributed by atoms with Crippen molar-refractivity contribution in [2.45, 2.75) is 23.7 Å². The molecule has 4 heteroatoms. The van der Waals surface area contributed by atoms with E-state index in [1.807, 2.05) is 24.3 Å². The summed E-state index contributed by atoms with van der Waals surface area (Å²) in [4.78, 5) is 0. The van der Waals surface area contributed by atoms with Crippen LogP contribution in [0.25, 0.3) is 22.3 Å². The van der Waals surface area contributed by atoms with Crippen LogP contribution in [0.1, 0.15) is 68.5 Å². The van der Waals surface area contributed by atoms with Crippen molar-refractivity contribution < 1.29 is 44.8 Å². The van der Waals surface area contributed by atoms with E-state index < -0.39 is 26.7 Å². The molecule has 0 bridgehead atoms. The molecule has 0 amide bonds. The van der Waals surface area contributed by atoms with Crippen LogP contribution in [-0.2, 0) is 55.6 Å². The molecule has 0 aliphatic heterocycles. The van der Waals surface area contributed by atoms with Crippen LogP contribution in [0.15, 0.2) is 328 Å². The Kier molecular flexibility index (Phi) is 20.6. The van der Waals surface area contributed by atoms with Gasteiger partial charge in [-0.1, -0.05) is 278 Å². The fourth-order valence-corrected chi connectivity index (χ4v) is 18.7. The van der Waals surface area contributed by atoms with Gasteiger partial charge in [-0.05, 0) is 117 Å². The topological polar surface area (TPSA) is 0 Å². The van der Waals surface area contributed by atoms with Gasteiger partial charge >= 0.3 is 44.8 Å². The third-order valence-electron chi connectivity index (χ3n) is 16.8. The van der Waals surface area contributed by atoms with E-state index >= 15 is 0 Å². The zero-order valence-corrected chi connectivity index (χ0v) is 53.9. The first-order valence-electron chi connectivity index (χ1n) is 29.1. The van der Waals surface area contributed by atoms with Gasteiger partial charge in [0.2, 0.25) is 0 Å². The van der Waals surface area contributed by atoms with Gasteiger partial charge in [0.1, 0.15) is 0 Å². The van der Waals surface area contributed by atoms with Crippen molar-refractivity contribution in [3.63, 3.8) is 0 Å². The van der Waals surface area contributed by atoms with E-state index in [0.717, 1.165) is 22.3 Å². The Balaban J connectivity index is 0.000000142. The van der Waals surface area contributed by atoms with Gasteiger partial charge in [0.25, 0.3) is 0 Å². The number of hydrogen-bond acceptors (Lipinski definition) is 0. The minimum Gasteiger partial charge on any atom is -0.366 e. The molecule has 0 N–H and O–H groups in total. The van der Waals surface area contributed by atoms with Gasteiger partial charge in [0.15, 0.2) is 0 Å². The van der Waals surface area contributed by atoms with Gasteiger partial charge < -0.3 is 12.8 Å². The van der Waals surface area contributed by atoms with Gasteiger partial charge in [-0.25, -0.2) is 0 Å². The van der Waals surface area contributed by atoms with E-state index in [4.69, 9.17) is 12.8 Å². The predicted molar refractivity (Wildman–Crippen MR) is 360 cm³/mol. The maximum Gasteiger partial charge on any atom is 1.00 e. The van der Waals surface area contributed by atoms with E-state index in [9.17, 15) is 0 Å². The van der Waals surface area contributed by atoms with Crippen LogP contribution >= 0.6 is 15.8 Å². The summed E-state index contributed by atoms with van der Waals surface area (Å²) < 4.78 is 0. The average molecular weight is 1510 g/mol. The monoisotopic (exact) mass is 1500 g/mol. The summed E-state index contributed by atoms with van der Waals surface area (Å²) in [6.45, 7) is 0. The van der Waals surface area contributed by atoms with E-state index in [2.05, 4.69) is 315 Å². The van der Waals surface area contributed by atoms with E-state index in [1.54, 1.807) is 0 Å². The first-order valence-corrected chi connectivity index (χ1v) is 32.5. The fraction of sp³-hybridized carbons (Fsp3) is 0.0732. The fourth-order valence-electron chi connectivity index (χ4n) is 13.3. The first kappa shape index (κ1) is 61.2. The standard InChI is InChI=1S/C28H28P2.2C27H17.2Au/c1-5-15-25(16-6-1)29(26-17-7-2-8-18-26)23-13-14-24-30(27-19-9-3-10-20-27)28-21-11-4-12-22-28;2*1-2-20-12-11-18-24-23-17-9-10-19-25(23)27(26(20)24,21-13-5-3-6-14-21)22-15-7-4-8-16-22;;/h1-12,15-22H,13-14,23-24H2;2*3-19H;;/q;2*-1;2*+1/p+2. The van der Waals surface area contributed by atoms with Crippen molar-refractivity contribution in [3.05, 3.63) is 396 Å². The summed E-state index contributed by atoms with van der Waals surface area (Å²) in [5, 5.41) is 6.13. The molecule has 2 aliphatic rings.